The lowest BCUT2D eigenvalue weighted by Gasteiger charge is -2.39. The molecule has 76 valence electrons. The highest BCUT2D eigenvalue weighted by Gasteiger charge is 2.30. The van der Waals surface area contributed by atoms with Gasteiger partial charge >= 0.3 is 0 Å². The van der Waals surface area contributed by atoms with Gasteiger partial charge in [-0.1, -0.05) is 6.92 Å². The topological polar surface area (TPSA) is 15.3 Å². The minimum Gasteiger partial charge on any atom is -0.311 e. The van der Waals surface area contributed by atoms with Crippen molar-refractivity contribution in [2.45, 2.75) is 45.2 Å². The van der Waals surface area contributed by atoms with Gasteiger partial charge in [0.05, 0.1) is 0 Å². The van der Waals surface area contributed by atoms with Gasteiger partial charge in [0.25, 0.3) is 0 Å². The Morgan fingerprint density at radius 3 is 2.77 bits per heavy atom. The highest BCUT2D eigenvalue weighted by Crippen LogP contribution is 2.31. The molecule has 2 nitrogen and oxygen atoms in total. The standard InChI is InChI=1S/C11H22N2/c1-3-11-6-12-9(2)7-13(11)8-10-4-5-10/h9-12H,3-8H2,1-2H3. The number of rotatable bonds is 3. The third-order valence-electron chi connectivity index (χ3n) is 3.39. The van der Waals surface area contributed by atoms with Crippen LogP contribution in [-0.4, -0.2) is 36.6 Å². The Balaban J connectivity index is 1.85. The Morgan fingerprint density at radius 2 is 2.15 bits per heavy atom. The van der Waals surface area contributed by atoms with Crippen LogP contribution in [0.2, 0.25) is 0 Å². The normalized spacial score (nSPS) is 36.5. The molecule has 0 aromatic rings. The minimum atomic E-state index is 0.696. The van der Waals surface area contributed by atoms with E-state index in [1.54, 1.807) is 0 Å². The van der Waals surface area contributed by atoms with Crippen LogP contribution in [0, 0.1) is 5.92 Å². The SMILES string of the molecule is CCC1CNC(C)CN1CC1CC1. The molecule has 0 aromatic heterocycles. The second kappa shape index (κ2) is 3.97. The lowest BCUT2D eigenvalue weighted by atomic mass is 10.1. The quantitative estimate of drug-likeness (QED) is 0.711. The first-order chi connectivity index (χ1) is 6.29. The largest absolute Gasteiger partial charge is 0.311 e. The molecule has 2 heteroatoms. The summed E-state index contributed by atoms with van der Waals surface area (Å²) in [6, 6.07) is 1.50. The van der Waals surface area contributed by atoms with Gasteiger partial charge in [-0.05, 0) is 32.1 Å². The van der Waals surface area contributed by atoms with E-state index in [0.717, 1.165) is 12.0 Å². The predicted octanol–water partition coefficient (Wildman–Crippen LogP) is 1.47. The molecular weight excluding hydrogens is 160 g/mol. The summed E-state index contributed by atoms with van der Waals surface area (Å²) in [5, 5.41) is 3.56. The molecule has 2 aliphatic rings. The molecule has 0 spiro atoms. The van der Waals surface area contributed by atoms with Crippen LogP contribution < -0.4 is 5.32 Å². The molecule has 0 radical (unpaired) electrons. The van der Waals surface area contributed by atoms with Crippen molar-refractivity contribution in [1.29, 1.82) is 0 Å². The van der Waals surface area contributed by atoms with E-state index in [-0.39, 0.29) is 0 Å². The van der Waals surface area contributed by atoms with E-state index < -0.39 is 0 Å². The van der Waals surface area contributed by atoms with E-state index in [2.05, 4.69) is 24.1 Å². The molecule has 1 aliphatic heterocycles. The van der Waals surface area contributed by atoms with E-state index in [1.807, 2.05) is 0 Å². The van der Waals surface area contributed by atoms with Crippen molar-refractivity contribution >= 4 is 0 Å². The van der Waals surface area contributed by atoms with Gasteiger partial charge < -0.3 is 5.32 Å². The summed E-state index contributed by atoms with van der Waals surface area (Å²) in [6.45, 7) is 8.43. The second-order valence-electron chi connectivity index (χ2n) is 4.77. The van der Waals surface area contributed by atoms with E-state index in [1.165, 1.54) is 38.9 Å². The molecular formula is C11H22N2. The highest BCUT2D eigenvalue weighted by molar-refractivity contribution is 4.87. The Bertz CT molecular complexity index is 163. The van der Waals surface area contributed by atoms with Gasteiger partial charge in [-0.3, -0.25) is 4.90 Å². The molecule has 2 atom stereocenters. The predicted molar refractivity (Wildman–Crippen MR) is 55.8 cm³/mol. The van der Waals surface area contributed by atoms with Gasteiger partial charge in [0.1, 0.15) is 0 Å². The molecule has 1 N–H and O–H groups in total. The Kier molecular flexibility index (Phi) is 2.89. The lowest BCUT2D eigenvalue weighted by Crippen LogP contribution is -2.55. The molecule has 2 unspecified atom stereocenters. The fourth-order valence-corrected chi connectivity index (χ4v) is 2.29. The second-order valence-corrected chi connectivity index (χ2v) is 4.77. The lowest BCUT2D eigenvalue weighted by molar-refractivity contribution is 0.126. The molecule has 2 fully saturated rings. The minimum absolute atomic E-state index is 0.696. The van der Waals surface area contributed by atoms with Crippen LogP contribution in [0.25, 0.3) is 0 Å². The molecule has 1 aliphatic carbocycles. The molecule has 0 aromatic carbocycles. The van der Waals surface area contributed by atoms with Crippen LogP contribution in [0.5, 0.6) is 0 Å². The summed E-state index contributed by atoms with van der Waals surface area (Å²) in [4.78, 5) is 2.71. The monoisotopic (exact) mass is 182 g/mol. The zero-order valence-electron chi connectivity index (χ0n) is 8.92. The van der Waals surface area contributed by atoms with Crippen molar-refractivity contribution in [2.75, 3.05) is 19.6 Å². The van der Waals surface area contributed by atoms with Gasteiger partial charge in [0.2, 0.25) is 0 Å². The van der Waals surface area contributed by atoms with Crippen molar-refractivity contribution in [2.24, 2.45) is 5.92 Å². The smallest absolute Gasteiger partial charge is 0.0218 e. The molecule has 1 saturated carbocycles. The van der Waals surface area contributed by atoms with Gasteiger partial charge in [0.15, 0.2) is 0 Å². The zero-order chi connectivity index (χ0) is 9.26. The average molecular weight is 182 g/mol. The van der Waals surface area contributed by atoms with Gasteiger partial charge in [-0.25, -0.2) is 0 Å². The number of hydrogen-bond acceptors (Lipinski definition) is 2. The maximum absolute atomic E-state index is 3.56. The molecule has 2 rings (SSSR count). The third kappa shape index (κ3) is 2.44. The summed E-state index contributed by atoms with van der Waals surface area (Å²) in [7, 11) is 0. The molecule has 0 amide bonds. The van der Waals surface area contributed by atoms with Crippen LogP contribution in [-0.2, 0) is 0 Å². The fourth-order valence-electron chi connectivity index (χ4n) is 2.29. The first-order valence-electron chi connectivity index (χ1n) is 5.77. The van der Waals surface area contributed by atoms with E-state index in [4.69, 9.17) is 0 Å². The van der Waals surface area contributed by atoms with Gasteiger partial charge in [-0.15, -0.1) is 0 Å². The number of nitrogens with one attached hydrogen (secondary N) is 1. The van der Waals surface area contributed by atoms with Gasteiger partial charge in [-0.2, -0.15) is 0 Å². The van der Waals surface area contributed by atoms with Crippen molar-refractivity contribution in [1.82, 2.24) is 10.2 Å². The molecule has 13 heavy (non-hydrogen) atoms. The number of nitrogens with zero attached hydrogens (tertiary/aromatic N) is 1. The first kappa shape index (κ1) is 9.47. The third-order valence-corrected chi connectivity index (χ3v) is 3.39. The average Bonchev–Trinajstić information content (AvgIpc) is 2.89. The Hall–Kier alpha value is -0.0800. The highest BCUT2D eigenvalue weighted by atomic mass is 15.2. The summed E-state index contributed by atoms with van der Waals surface area (Å²) < 4.78 is 0. The van der Waals surface area contributed by atoms with Crippen molar-refractivity contribution in [3.63, 3.8) is 0 Å². The van der Waals surface area contributed by atoms with Crippen molar-refractivity contribution < 1.29 is 0 Å². The van der Waals surface area contributed by atoms with Crippen LogP contribution in [0.1, 0.15) is 33.1 Å². The van der Waals surface area contributed by atoms with Crippen LogP contribution in [0.4, 0.5) is 0 Å². The van der Waals surface area contributed by atoms with Gasteiger partial charge in [0, 0.05) is 31.7 Å². The summed E-state index contributed by atoms with van der Waals surface area (Å²) in [5.74, 6) is 1.04. The molecule has 0 bridgehead atoms. The van der Waals surface area contributed by atoms with E-state index >= 15 is 0 Å². The van der Waals surface area contributed by atoms with E-state index in [9.17, 15) is 0 Å². The number of piperazine rings is 1. The Labute approximate surface area is 81.7 Å². The van der Waals surface area contributed by atoms with Crippen LogP contribution in [0.15, 0.2) is 0 Å². The Morgan fingerprint density at radius 1 is 1.38 bits per heavy atom. The van der Waals surface area contributed by atoms with Crippen LogP contribution >= 0.6 is 0 Å². The summed E-state index contributed by atoms with van der Waals surface area (Å²) in [5.41, 5.74) is 0. The van der Waals surface area contributed by atoms with Crippen molar-refractivity contribution in [3.8, 4) is 0 Å². The maximum atomic E-state index is 3.56. The number of hydrogen-bond donors (Lipinski definition) is 1. The van der Waals surface area contributed by atoms with Crippen molar-refractivity contribution in [3.05, 3.63) is 0 Å². The molecule has 1 heterocycles. The van der Waals surface area contributed by atoms with E-state index in [0.29, 0.717) is 6.04 Å². The summed E-state index contributed by atoms with van der Waals surface area (Å²) >= 11 is 0. The first-order valence-corrected chi connectivity index (χ1v) is 5.77. The fraction of sp³-hybridized carbons (Fsp3) is 1.00. The zero-order valence-corrected chi connectivity index (χ0v) is 8.92. The van der Waals surface area contributed by atoms with Crippen LogP contribution in [0.3, 0.4) is 0 Å². The summed E-state index contributed by atoms with van der Waals surface area (Å²) in [6.07, 6.45) is 4.26. The molecule has 1 saturated heterocycles. The maximum Gasteiger partial charge on any atom is 0.0218 e.